The van der Waals surface area contributed by atoms with Gasteiger partial charge in [0, 0.05) is 18.9 Å². The van der Waals surface area contributed by atoms with E-state index in [-0.39, 0.29) is 11.9 Å². The van der Waals surface area contributed by atoms with E-state index in [0.717, 1.165) is 11.4 Å². The fourth-order valence-corrected chi connectivity index (χ4v) is 2.55. The van der Waals surface area contributed by atoms with Crippen molar-refractivity contribution in [3.63, 3.8) is 0 Å². The number of amides is 1. The van der Waals surface area contributed by atoms with E-state index in [1.165, 1.54) is 6.20 Å². The predicted octanol–water partition coefficient (Wildman–Crippen LogP) is 2.99. The number of hydrogen-bond acceptors (Lipinski definition) is 5. The maximum absolute atomic E-state index is 12.2. The smallest absolute Gasteiger partial charge is 0.259 e. The molecule has 7 nitrogen and oxygen atoms in total. The number of carbonyl (C=O) groups excluding carboxylic acids is 1. The number of pyridine rings is 2. The Bertz CT molecular complexity index is 1030. The molecule has 128 valence electrons. The lowest BCUT2D eigenvalue weighted by Gasteiger charge is -2.07. The van der Waals surface area contributed by atoms with Gasteiger partial charge in [-0.15, -0.1) is 5.10 Å². The van der Waals surface area contributed by atoms with Crippen LogP contribution in [0.25, 0.3) is 5.65 Å². The lowest BCUT2D eigenvalue weighted by Crippen LogP contribution is -2.13. The van der Waals surface area contributed by atoms with Crippen molar-refractivity contribution in [2.45, 2.75) is 6.54 Å². The van der Waals surface area contributed by atoms with Gasteiger partial charge in [-0.3, -0.25) is 15.1 Å². The van der Waals surface area contributed by atoms with E-state index in [4.69, 9.17) is 0 Å². The molecule has 2 N–H and O–H groups in total. The zero-order valence-corrected chi connectivity index (χ0v) is 13.8. The summed E-state index contributed by atoms with van der Waals surface area (Å²) in [6.45, 7) is 0.664. The van der Waals surface area contributed by atoms with Crippen LogP contribution in [-0.4, -0.2) is 25.5 Å². The number of hydrogen-bond donors (Lipinski definition) is 2. The van der Waals surface area contributed by atoms with Gasteiger partial charge in [-0.25, -0.2) is 0 Å². The maximum Gasteiger partial charge on any atom is 0.259 e. The van der Waals surface area contributed by atoms with Crippen molar-refractivity contribution in [3.8, 4) is 0 Å². The van der Waals surface area contributed by atoms with E-state index < -0.39 is 0 Å². The number of rotatable bonds is 5. The van der Waals surface area contributed by atoms with E-state index in [9.17, 15) is 4.79 Å². The molecule has 0 saturated carbocycles. The summed E-state index contributed by atoms with van der Waals surface area (Å²) < 4.78 is 1.67. The highest BCUT2D eigenvalue weighted by Gasteiger charge is 2.11. The number of anilines is 2. The second-order valence-corrected chi connectivity index (χ2v) is 5.65. The van der Waals surface area contributed by atoms with Crippen LogP contribution in [0.15, 0.2) is 73.1 Å². The molecule has 0 spiro atoms. The minimum Gasteiger partial charge on any atom is -0.366 e. The fraction of sp³-hybridized carbons (Fsp3) is 0.0526. The summed E-state index contributed by atoms with van der Waals surface area (Å²) in [4.78, 5) is 20.5. The topological polar surface area (TPSA) is 84.2 Å². The Morgan fingerprint density at radius 3 is 2.69 bits per heavy atom. The summed E-state index contributed by atoms with van der Waals surface area (Å²) in [5.74, 6) is 0.737. The van der Waals surface area contributed by atoms with E-state index in [2.05, 4.69) is 25.7 Å². The van der Waals surface area contributed by atoms with Crippen LogP contribution in [0.2, 0.25) is 0 Å². The van der Waals surface area contributed by atoms with Crippen LogP contribution in [0.5, 0.6) is 0 Å². The molecule has 0 bridgehead atoms. The molecule has 1 aromatic carbocycles. The Kier molecular flexibility index (Phi) is 4.26. The van der Waals surface area contributed by atoms with Gasteiger partial charge in [0.25, 0.3) is 5.91 Å². The number of nitrogens with zero attached hydrogens (tertiary/aromatic N) is 4. The molecule has 0 atom stereocenters. The Balaban J connectivity index is 1.54. The van der Waals surface area contributed by atoms with Gasteiger partial charge in [-0.1, -0.05) is 36.4 Å². The molecular formula is C19H16N6O. The maximum atomic E-state index is 12.2. The van der Waals surface area contributed by atoms with Crippen LogP contribution >= 0.6 is 0 Å². The van der Waals surface area contributed by atoms with Crippen molar-refractivity contribution < 1.29 is 4.79 Å². The first-order valence-corrected chi connectivity index (χ1v) is 8.14. The third-order valence-corrected chi connectivity index (χ3v) is 3.83. The Morgan fingerprint density at radius 1 is 1.00 bits per heavy atom. The lowest BCUT2D eigenvalue weighted by atomic mass is 10.2. The second kappa shape index (κ2) is 7.02. The monoisotopic (exact) mass is 344 g/mol. The van der Waals surface area contributed by atoms with Gasteiger partial charge in [0.1, 0.15) is 5.82 Å². The minimum absolute atomic E-state index is 0.243. The lowest BCUT2D eigenvalue weighted by molar-refractivity contribution is 0.102. The predicted molar refractivity (Wildman–Crippen MR) is 98.9 cm³/mol. The number of nitrogens with one attached hydrogen (secondary N) is 2. The molecule has 0 radical (unpaired) electrons. The van der Waals surface area contributed by atoms with Gasteiger partial charge >= 0.3 is 0 Å². The standard InChI is InChI=1S/C19H16N6O/c26-18(15-8-5-11-20-13-15)23-19-22-17-10-4-9-16(25(17)24-19)21-12-14-6-2-1-3-7-14/h1-11,13,21H,12H2,(H,23,24,26). The summed E-state index contributed by atoms with van der Waals surface area (Å²) in [7, 11) is 0. The van der Waals surface area contributed by atoms with Gasteiger partial charge in [0.2, 0.25) is 5.95 Å². The fourth-order valence-electron chi connectivity index (χ4n) is 2.55. The summed E-state index contributed by atoms with van der Waals surface area (Å²) in [5, 5.41) is 10.4. The molecular weight excluding hydrogens is 328 g/mol. The zero-order chi connectivity index (χ0) is 17.8. The van der Waals surface area contributed by atoms with Gasteiger partial charge in [-0.2, -0.15) is 9.50 Å². The molecule has 0 saturated heterocycles. The van der Waals surface area contributed by atoms with Crippen molar-refractivity contribution in [2.75, 3.05) is 10.6 Å². The number of benzene rings is 1. The molecule has 4 rings (SSSR count). The zero-order valence-electron chi connectivity index (χ0n) is 13.8. The Hall–Kier alpha value is -3.74. The molecule has 26 heavy (non-hydrogen) atoms. The first kappa shape index (κ1) is 15.8. The molecule has 0 aliphatic rings. The number of fused-ring (bicyclic) bond motifs is 1. The van der Waals surface area contributed by atoms with E-state index in [0.29, 0.717) is 17.8 Å². The van der Waals surface area contributed by atoms with Gasteiger partial charge < -0.3 is 5.32 Å². The van der Waals surface area contributed by atoms with Gasteiger partial charge in [0.15, 0.2) is 5.65 Å². The summed E-state index contributed by atoms with van der Waals surface area (Å²) >= 11 is 0. The molecule has 4 aromatic rings. The largest absolute Gasteiger partial charge is 0.366 e. The van der Waals surface area contributed by atoms with E-state index in [1.54, 1.807) is 22.8 Å². The van der Waals surface area contributed by atoms with Crippen LogP contribution in [0.1, 0.15) is 15.9 Å². The van der Waals surface area contributed by atoms with Crippen LogP contribution in [0, 0.1) is 0 Å². The summed E-state index contributed by atoms with van der Waals surface area (Å²) in [6, 6.07) is 19.1. The highest BCUT2D eigenvalue weighted by molar-refractivity contribution is 6.03. The number of carbonyl (C=O) groups is 1. The average Bonchev–Trinajstić information content (AvgIpc) is 3.11. The number of aromatic nitrogens is 4. The Labute approximate surface area is 149 Å². The second-order valence-electron chi connectivity index (χ2n) is 5.65. The molecule has 0 unspecified atom stereocenters. The van der Waals surface area contributed by atoms with Gasteiger partial charge in [-0.05, 0) is 29.8 Å². The average molecular weight is 344 g/mol. The molecule has 0 fully saturated rings. The quantitative estimate of drug-likeness (QED) is 0.581. The third-order valence-electron chi connectivity index (χ3n) is 3.83. The molecule has 0 aliphatic heterocycles. The van der Waals surface area contributed by atoms with Crippen LogP contribution in [0.3, 0.4) is 0 Å². The SMILES string of the molecule is O=C(Nc1nc2cccc(NCc3ccccc3)n2n1)c1cccnc1. The highest BCUT2D eigenvalue weighted by Crippen LogP contribution is 2.14. The normalized spacial score (nSPS) is 10.6. The van der Waals surface area contributed by atoms with E-state index in [1.807, 2.05) is 48.5 Å². The van der Waals surface area contributed by atoms with Crippen molar-refractivity contribution in [2.24, 2.45) is 0 Å². The molecule has 3 heterocycles. The minimum atomic E-state index is -0.298. The first-order valence-electron chi connectivity index (χ1n) is 8.14. The Morgan fingerprint density at radius 2 is 1.88 bits per heavy atom. The van der Waals surface area contributed by atoms with Crippen LogP contribution in [0.4, 0.5) is 11.8 Å². The van der Waals surface area contributed by atoms with Gasteiger partial charge in [0.05, 0.1) is 5.56 Å². The van der Waals surface area contributed by atoms with Crippen molar-refractivity contribution in [1.82, 2.24) is 19.6 Å². The first-order chi connectivity index (χ1) is 12.8. The summed E-state index contributed by atoms with van der Waals surface area (Å²) in [5.41, 5.74) is 2.26. The van der Waals surface area contributed by atoms with Crippen LogP contribution < -0.4 is 10.6 Å². The van der Waals surface area contributed by atoms with Crippen molar-refractivity contribution >= 4 is 23.3 Å². The molecule has 7 heteroatoms. The molecule has 0 aliphatic carbocycles. The molecule has 3 aromatic heterocycles. The third kappa shape index (κ3) is 3.36. The van der Waals surface area contributed by atoms with Crippen LogP contribution in [-0.2, 0) is 6.54 Å². The summed E-state index contributed by atoms with van der Waals surface area (Å²) in [6.07, 6.45) is 3.11. The molecule has 1 amide bonds. The van der Waals surface area contributed by atoms with Crippen molar-refractivity contribution in [1.29, 1.82) is 0 Å². The highest BCUT2D eigenvalue weighted by atomic mass is 16.1. The van der Waals surface area contributed by atoms with Crippen molar-refractivity contribution in [3.05, 3.63) is 84.2 Å². The van der Waals surface area contributed by atoms with E-state index >= 15 is 0 Å².